The molecule has 0 saturated heterocycles. The highest BCUT2D eigenvalue weighted by molar-refractivity contribution is 5.11. The molecule has 5 nitrogen and oxygen atoms in total. The molecule has 0 aliphatic heterocycles. The summed E-state index contributed by atoms with van der Waals surface area (Å²) in [4.78, 5) is 0. The maximum atomic E-state index is 5.96. The summed E-state index contributed by atoms with van der Waals surface area (Å²) in [6.07, 6.45) is 5.88. The summed E-state index contributed by atoms with van der Waals surface area (Å²) >= 11 is 0. The molecule has 1 atom stereocenters. The van der Waals surface area contributed by atoms with Gasteiger partial charge in [-0.3, -0.25) is 9.36 Å². The first-order chi connectivity index (χ1) is 9.12. The van der Waals surface area contributed by atoms with E-state index >= 15 is 0 Å². The summed E-state index contributed by atoms with van der Waals surface area (Å²) in [5, 5.41) is 8.85. The largest absolute Gasteiger partial charge is 0.327 e. The lowest BCUT2D eigenvalue weighted by atomic mass is 10.1. The van der Waals surface area contributed by atoms with Crippen LogP contribution in [0.1, 0.15) is 37.2 Å². The predicted molar refractivity (Wildman–Crippen MR) is 75.9 cm³/mol. The molecule has 0 aromatic carbocycles. The van der Waals surface area contributed by atoms with Gasteiger partial charge in [-0.25, -0.2) is 0 Å². The van der Waals surface area contributed by atoms with Crippen LogP contribution in [0.5, 0.6) is 0 Å². The molecule has 2 N–H and O–H groups in total. The summed E-state index contributed by atoms with van der Waals surface area (Å²) in [5.41, 5.74) is 9.41. The zero-order chi connectivity index (χ0) is 13.8. The highest BCUT2D eigenvalue weighted by atomic mass is 15.3. The third kappa shape index (κ3) is 3.44. The number of nitrogens with two attached hydrogens (primary N) is 1. The molecule has 0 amide bonds. The Morgan fingerprint density at radius 1 is 1.37 bits per heavy atom. The van der Waals surface area contributed by atoms with E-state index in [9.17, 15) is 0 Å². The number of hydrogen-bond donors (Lipinski definition) is 1. The molecule has 1 unspecified atom stereocenters. The van der Waals surface area contributed by atoms with Gasteiger partial charge in [-0.15, -0.1) is 0 Å². The van der Waals surface area contributed by atoms with Crippen molar-refractivity contribution >= 4 is 0 Å². The van der Waals surface area contributed by atoms with Gasteiger partial charge in [0.25, 0.3) is 0 Å². The molecule has 0 saturated carbocycles. The minimum absolute atomic E-state index is 0.223. The fourth-order valence-electron chi connectivity index (χ4n) is 2.21. The second-order valence-electron chi connectivity index (χ2n) is 5.01. The van der Waals surface area contributed by atoms with Crippen LogP contribution in [0.3, 0.4) is 0 Å². The van der Waals surface area contributed by atoms with Crippen LogP contribution >= 0.6 is 0 Å². The minimum Gasteiger partial charge on any atom is -0.327 e. The number of rotatable bonds is 6. The molecule has 2 heterocycles. The molecule has 0 spiro atoms. The summed E-state index contributed by atoms with van der Waals surface area (Å²) < 4.78 is 3.98. The second kappa shape index (κ2) is 6.02. The molecule has 2 aromatic rings. The van der Waals surface area contributed by atoms with Gasteiger partial charge in [0, 0.05) is 18.8 Å². The average Bonchev–Trinajstić information content (AvgIpc) is 2.96. The second-order valence-corrected chi connectivity index (χ2v) is 5.01. The molecule has 19 heavy (non-hydrogen) atoms. The van der Waals surface area contributed by atoms with Gasteiger partial charge in [0.05, 0.1) is 24.1 Å². The topological polar surface area (TPSA) is 61.7 Å². The molecule has 0 aliphatic rings. The third-order valence-electron chi connectivity index (χ3n) is 3.32. The van der Waals surface area contributed by atoms with Gasteiger partial charge in [0.1, 0.15) is 0 Å². The molecule has 0 fully saturated rings. The Kier molecular flexibility index (Phi) is 4.37. The van der Waals surface area contributed by atoms with Crippen LogP contribution in [0.2, 0.25) is 0 Å². The van der Waals surface area contributed by atoms with Crippen LogP contribution < -0.4 is 5.73 Å². The van der Waals surface area contributed by atoms with E-state index in [1.807, 2.05) is 22.5 Å². The number of aromatic nitrogens is 4. The molecule has 0 aliphatic carbocycles. The van der Waals surface area contributed by atoms with E-state index in [4.69, 9.17) is 5.73 Å². The third-order valence-corrected chi connectivity index (χ3v) is 3.32. The summed E-state index contributed by atoms with van der Waals surface area (Å²) in [7, 11) is 0. The van der Waals surface area contributed by atoms with E-state index in [2.05, 4.69) is 36.3 Å². The molecular formula is C14H23N5. The van der Waals surface area contributed by atoms with E-state index in [-0.39, 0.29) is 6.04 Å². The Morgan fingerprint density at radius 3 is 2.84 bits per heavy atom. The smallest absolute Gasteiger partial charge is 0.0828 e. The number of hydrogen-bond acceptors (Lipinski definition) is 3. The van der Waals surface area contributed by atoms with Gasteiger partial charge in [-0.2, -0.15) is 10.2 Å². The quantitative estimate of drug-likeness (QED) is 0.861. The first-order valence-corrected chi connectivity index (χ1v) is 6.92. The fraction of sp³-hybridized carbons (Fsp3) is 0.571. The lowest BCUT2D eigenvalue weighted by molar-refractivity contribution is 0.574. The highest BCUT2D eigenvalue weighted by Gasteiger charge is 2.07. The SMILES string of the molecule is CCC(N)Cc1cnn(Cc2cc(C)nn2CC)c1. The lowest BCUT2D eigenvalue weighted by Crippen LogP contribution is -2.21. The highest BCUT2D eigenvalue weighted by Crippen LogP contribution is 2.08. The zero-order valence-electron chi connectivity index (χ0n) is 12.0. The monoisotopic (exact) mass is 261 g/mol. The molecule has 5 heteroatoms. The first kappa shape index (κ1) is 13.8. The fourth-order valence-corrected chi connectivity index (χ4v) is 2.21. The van der Waals surface area contributed by atoms with Crippen molar-refractivity contribution in [1.29, 1.82) is 0 Å². The maximum absolute atomic E-state index is 5.96. The average molecular weight is 261 g/mol. The van der Waals surface area contributed by atoms with Crippen molar-refractivity contribution in [3.63, 3.8) is 0 Å². The van der Waals surface area contributed by atoms with E-state index in [1.165, 1.54) is 11.3 Å². The number of aryl methyl sites for hydroxylation is 2. The Balaban J connectivity index is 2.07. The summed E-state index contributed by atoms with van der Waals surface area (Å²) in [5.74, 6) is 0. The minimum atomic E-state index is 0.223. The molecular weight excluding hydrogens is 238 g/mol. The van der Waals surface area contributed by atoms with Gasteiger partial charge in [-0.05, 0) is 38.3 Å². The Hall–Kier alpha value is -1.62. The van der Waals surface area contributed by atoms with E-state index < -0.39 is 0 Å². The molecule has 2 rings (SSSR count). The van der Waals surface area contributed by atoms with Gasteiger partial charge >= 0.3 is 0 Å². The Morgan fingerprint density at radius 2 is 2.16 bits per heavy atom. The molecule has 0 radical (unpaired) electrons. The van der Waals surface area contributed by atoms with Crippen LogP contribution in [0, 0.1) is 6.92 Å². The van der Waals surface area contributed by atoms with Crippen molar-refractivity contribution in [2.24, 2.45) is 5.73 Å². The summed E-state index contributed by atoms with van der Waals surface area (Å²) in [6, 6.07) is 2.34. The molecule has 104 valence electrons. The molecule has 0 bridgehead atoms. The van der Waals surface area contributed by atoms with Crippen LogP contribution in [-0.2, 0) is 19.5 Å². The predicted octanol–water partition coefficient (Wildman–Crippen LogP) is 1.74. The van der Waals surface area contributed by atoms with Crippen molar-refractivity contribution in [1.82, 2.24) is 19.6 Å². The van der Waals surface area contributed by atoms with Crippen LogP contribution in [0.15, 0.2) is 18.5 Å². The van der Waals surface area contributed by atoms with E-state index in [1.54, 1.807) is 0 Å². The van der Waals surface area contributed by atoms with Crippen molar-refractivity contribution in [3.05, 3.63) is 35.4 Å². The summed E-state index contributed by atoms with van der Waals surface area (Å²) in [6.45, 7) is 7.88. The standard InChI is InChI=1S/C14H23N5/c1-4-13(15)7-12-8-16-18(9-12)10-14-6-11(3)17-19(14)5-2/h6,8-9,13H,4-5,7,10,15H2,1-3H3. The molecule has 2 aromatic heterocycles. The van der Waals surface area contributed by atoms with Crippen molar-refractivity contribution in [3.8, 4) is 0 Å². The first-order valence-electron chi connectivity index (χ1n) is 6.92. The van der Waals surface area contributed by atoms with Gasteiger partial charge in [0.15, 0.2) is 0 Å². The van der Waals surface area contributed by atoms with Crippen LogP contribution in [0.4, 0.5) is 0 Å². The van der Waals surface area contributed by atoms with Crippen molar-refractivity contribution in [2.45, 2.75) is 52.7 Å². The van der Waals surface area contributed by atoms with Crippen LogP contribution in [0.25, 0.3) is 0 Å². The zero-order valence-corrected chi connectivity index (χ0v) is 12.0. The Bertz CT molecular complexity index is 526. The lowest BCUT2D eigenvalue weighted by Gasteiger charge is -2.06. The van der Waals surface area contributed by atoms with Crippen LogP contribution in [-0.4, -0.2) is 25.6 Å². The van der Waals surface area contributed by atoms with E-state index in [0.717, 1.165) is 31.6 Å². The van der Waals surface area contributed by atoms with Crippen molar-refractivity contribution < 1.29 is 0 Å². The van der Waals surface area contributed by atoms with Gasteiger partial charge < -0.3 is 5.73 Å². The number of nitrogens with zero attached hydrogens (tertiary/aromatic N) is 4. The van der Waals surface area contributed by atoms with E-state index in [0.29, 0.717) is 0 Å². The normalized spacial score (nSPS) is 12.8. The van der Waals surface area contributed by atoms with Gasteiger partial charge in [-0.1, -0.05) is 6.92 Å². The van der Waals surface area contributed by atoms with Gasteiger partial charge in [0.2, 0.25) is 0 Å². The Labute approximate surface area is 114 Å². The maximum Gasteiger partial charge on any atom is 0.0828 e. The van der Waals surface area contributed by atoms with Crippen molar-refractivity contribution in [2.75, 3.05) is 0 Å².